The maximum Gasteiger partial charge on any atom is 0.405 e. The lowest BCUT2D eigenvalue weighted by molar-refractivity contribution is -0.136. The summed E-state index contributed by atoms with van der Waals surface area (Å²) in [4.78, 5) is 23.0. The van der Waals surface area contributed by atoms with Crippen LogP contribution in [0.2, 0.25) is 0 Å². The van der Waals surface area contributed by atoms with E-state index in [-0.39, 0.29) is 17.0 Å². The third-order valence-corrected chi connectivity index (χ3v) is 3.93. The molecule has 0 aromatic carbocycles. The second-order valence-electron chi connectivity index (χ2n) is 4.74. The van der Waals surface area contributed by atoms with Crippen molar-refractivity contribution in [3.8, 4) is 0 Å². The van der Waals surface area contributed by atoms with Gasteiger partial charge in [0, 0.05) is 6.61 Å². The Morgan fingerprint density at radius 3 is 2.95 bits per heavy atom. The zero-order valence-electron chi connectivity index (χ0n) is 11.5. The van der Waals surface area contributed by atoms with Gasteiger partial charge in [0.1, 0.15) is 6.54 Å². The van der Waals surface area contributed by atoms with Gasteiger partial charge in [0.15, 0.2) is 5.16 Å². The number of rotatable bonds is 6. The number of hydrogen-bond acceptors (Lipinski definition) is 5. The molecule has 2 heterocycles. The molecule has 1 aromatic rings. The Hall–Kier alpha value is -1.49. The summed E-state index contributed by atoms with van der Waals surface area (Å²) in [6.07, 6.45) is -2.80. The van der Waals surface area contributed by atoms with Crippen LogP contribution in [0, 0.1) is 0 Å². The fourth-order valence-electron chi connectivity index (χ4n) is 1.95. The Bertz CT molecular complexity index is 566. The lowest BCUT2D eigenvalue weighted by Gasteiger charge is -2.11. The standard InChI is InChI=1S/C11H15F3N4O3S/c12-11(13,14)6-15-8(19)5-22-10-17-16-9(20)18(10)4-7-2-1-3-21-7/h7H,1-6H2,(H,15,19)(H,16,20)/t7-/m1/s1. The molecule has 2 rings (SSSR count). The zero-order chi connectivity index (χ0) is 16.2. The van der Waals surface area contributed by atoms with Gasteiger partial charge >= 0.3 is 11.9 Å². The molecule has 0 unspecified atom stereocenters. The van der Waals surface area contributed by atoms with E-state index in [0.29, 0.717) is 13.2 Å². The molecule has 1 aliphatic rings. The minimum Gasteiger partial charge on any atom is -0.376 e. The fraction of sp³-hybridized carbons (Fsp3) is 0.727. The summed E-state index contributed by atoms with van der Waals surface area (Å²) in [5.41, 5.74) is -0.436. The summed E-state index contributed by atoms with van der Waals surface area (Å²) < 4.78 is 42.7. The van der Waals surface area contributed by atoms with Crippen molar-refractivity contribution in [3.05, 3.63) is 10.5 Å². The molecule has 0 saturated carbocycles. The average Bonchev–Trinajstić information content (AvgIpc) is 3.06. The second kappa shape index (κ2) is 7.18. The molecular formula is C11H15F3N4O3S. The van der Waals surface area contributed by atoms with Gasteiger partial charge < -0.3 is 10.1 Å². The lowest BCUT2D eigenvalue weighted by atomic mass is 10.2. The van der Waals surface area contributed by atoms with E-state index in [1.54, 1.807) is 5.32 Å². The van der Waals surface area contributed by atoms with Crippen molar-refractivity contribution in [1.82, 2.24) is 20.1 Å². The van der Waals surface area contributed by atoms with E-state index in [4.69, 9.17) is 4.74 Å². The van der Waals surface area contributed by atoms with Crippen LogP contribution in [0.5, 0.6) is 0 Å². The number of aromatic nitrogens is 3. The molecule has 0 spiro atoms. The molecule has 11 heteroatoms. The largest absolute Gasteiger partial charge is 0.405 e. The van der Waals surface area contributed by atoms with Crippen LogP contribution >= 0.6 is 11.8 Å². The lowest BCUT2D eigenvalue weighted by Crippen LogP contribution is -2.34. The van der Waals surface area contributed by atoms with E-state index in [0.717, 1.165) is 24.6 Å². The Balaban J connectivity index is 1.87. The minimum absolute atomic E-state index is 0.0892. The van der Waals surface area contributed by atoms with Crippen molar-refractivity contribution in [2.75, 3.05) is 18.9 Å². The first-order valence-electron chi connectivity index (χ1n) is 6.58. The smallest absolute Gasteiger partial charge is 0.376 e. The van der Waals surface area contributed by atoms with E-state index in [1.807, 2.05) is 0 Å². The van der Waals surface area contributed by atoms with Crippen LogP contribution < -0.4 is 11.0 Å². The highest BCUT2D eigenvalue weighted by Crippen LogP contribution is 2.18. The highest BCUT2D eigenvalue weighted by atomic mass is 32.2. The molecule has 1 fully saturated rings. The van der Waals surface area contributed by atoms with Crippen LogP contribution in [0.1, 0.15) is 12.8 Å². The average molecular weight is 340 g/mol. The molecule has 1 aliphatic heterocycles. The highest BCUT2D eigenvalue weighted by Gasteiger charge is 2.27. The topological polar surface area (TPSA) is 89.0 Å². The molecule has 7 nitrogen and oxygen atoms in total. The maximum absolute atomic E-state index is 12.0. The van der Waals surface area contributed by atoms with Gasteiger partial charge in [-0.15, -0.1) is 5.10 Å². The number of aromatic amines is 1. The SMILES string of the molecule is O=C(CSc1n[nH]c(=O)n1C[C@H]1CCCO1)NCC(F)(F)F. The van der Waals surface area contributed by atoms with Crippen LogP contribution in [-0.4, -0.2) is 51.9 Å². The first kappa shape index (κ1) is 16.9. The van der Waals surface area contributed by atoms with Crippen molar-refractivity contribution < 1.29 is 22.7 Å². The molecule has 1 saturated heterocycles. The van der Waals surface area contributed by atoms with Crippen LogP contribution in [0.3, 0.4) is 0 Å². The van der Waals surface area contributed by atoms with Gasteiger partial charge in [0.2, 0.25) is 5.91 Å². The number of nitrogens with one attached hydrogen (secondary N) is 2. The van der Waals surface area contributed by atoms with E-state index >= 15 is 0 Å². The van der Waals surface area contributed by atoms with Crippen molar-refractivity contribution in [2.45, 2.75) is 36.8 Å². The molecule has 0 aliphatic carbocycles. The number of nitrogens with zero attached hydrogens (tertiary/aromatic N) is 2. The highest BCUT2D eigenvalue weighted by molar-refractivity contribution is 7.99. The summed E-state index contributed by atoms with van der Waals surface area (Å²) in [6, 6.07) is 0. The number of thioether (sulfide) groups is 1. The van der Waals surface area contributed by atoms with Crippen LogP contribution in [0.4, 0.5) is 13.2 Å². The Labute approximate surface area is 127 Å². The van der Waals surface area contributed by atoms with Crippen molar-refractivity contribution in [1.29, 1.82) is 0 Å². The number of hydrogen-bond donors (Lipinski definition) is 2. The summed E-state index contributed by atoms with van der Waals surface area (Å²) in [5.74, 6) is -1.03. The van der Waals surface area contributed by atoms with Gasteiger partial charge in [0.05, 0.1) is 18.4 Å². The first-order chi connectivity index (χ1) is 10.3. The number of H-pyrrole nitrogens is 1. The van der Waals surface area contributed by atoms with Crippen LogP contribution in [-0.2, 0) is 16.1 Å². The number of amides is 1. The first-order valence-corrected chi connectivity index (χ1v) is 7.57. The number of carbonyl (C=O) groups excluding carboxylic acids is 1. The molecule has 22 heavy (non-hydrogen) atoms. The van der Waals surface area contributed by atoms with Crippen molar-refractivity contribution in [3.63, 3.8) is 0 Å². The number of alkyl halides is 3. The monoisotopic (exact) mass is 340 g/mol. The molecule has 1 aromatic heterocycles. The molecular weight excluding hydrogens is 325 g/mol. The quantitative estimate of drug-likeness (QED) is 0.737. The predicted octanol–water partition coefficient (Wildman–Crippen LogP) is 0.521. The molecule has 124 valence electrons. The maximum atomic E-state index is 12.0. The zero-order valence-corrected chi connectivity index (χ0v) is 12.3. The summed E-state index contributed by atoms with van der Waals surface area (Å²) in [6.45, 7) is -0.433. The second-order valence-corrected chi connectivity index (χ2v) is 5.68. The van der Waals surface area contributed by atoms with Crippen LogP contribution in [0.25, 0.3) is 0 Å². The minimum atomic E-state index is -4.45. The Morgan fingerprint density at radius 1 is 1.55 bits per heavy atom. The normalized spacial score (nSPS) is 18.6. The van der Waals surface area contributed by atoms with Gasteiger partial charge in [-0.25, -0.2) is 9.89 Å². The predicted molar refractivity (Wildman–Crippen MR) is 71.6 cm³/mol. The van der Waals surface area contributed by atoms with E-state index in [2.05, 4.69) is 10.2 Å². The van der Waals surface area contributed by atoms with Crippen LogP contribution in [0.15, 0.2) is 9.95 Å². The third kappa shape index (κ3) is 5.05. The molecule has 0 bridgehead atoms. The number of carbonyl (C=O) groups is 1. The van der Waals surface area contributed by atoms with E-state index < -0.39 is 24.3 Å². The van der Waals surface area contributed by atoms with Gasteiger partial charge in [-0.05, 0) is 12.8 Å². The summed E-state index contributed by atoms with van der Waals surface area (Å²) in [7, 11) is 0. The van der Waals surface area contributed by atoms with Gasteiger partial charge in [-0.1, -0.05) is 11.8 Å². The number of ether oxygens (including phenoxy) is 1. The Morgan fingerprint density at radius 2 is 2.32 bits per heavy atom. The molecule has 1 atom stereocenters. The van der Waals surface area contributed by atoms with E-state index in [1.165, 1.54) is 4.57 Å². The van der Waals surface area contributed by atoms with Crippen molar-refractivity contribution >= 4 is 17.7 Å². The van der Waals surface area contributed by atoms with Gasteiger partial charge in [-0.3, -0.25) is 9.36 Å². The summed E-state index contributed by atoms with van der Waals surface area (Å²) >= 11 is 0.896. The van der Waals surface area contributed by atoms with Crippen molar-refractivity contribution in [2.24, 2.45) is 0 Å². The molecule has 2 N–H and O–H groups in total. The Kier molecular flexibility index (Phi) is 5.51. The van der Waals surface area contributed by atoms with Gasteiger partial charge in [0.25, 0.3) is 0 Å². The number of halogens is 3. The third-order valence-electron chi connectivity index (χ3n) is 2.95. The summed E-state index contributed by atoms with van der Waals surface area (Å²) in [5, 5.41) is 8.04. The van der Waals surface area contributed by atoms with Gasteiger partial charge in [-0.2, -0.15) is 13.2 Å². The molecule has 0 radical (unpaired) electrons. The fourth-order valence-corrected chi connectivity index (χ4v) is 2.73. The molecule has 1 amide bonds. The van der Waals surface area contributed by atoms with E-state index in [9.17, 15) is 22.8 Å².